The minimum atomic E-state index is -0.677. The number of esters is 1. The Bertz CT molecular complexity index is 1120. The van der Waals surface area contributed by atoms with Crippen molar-refractivity contribution in [2.45, 2.75) is 19.8 Å². The van der Waals surface area contributed by atoms with E-state index in [-0.39, 0.29) is 17.4 Å². The molecule has 2 aromatic carbocycles. The molecule has 8 heteroatoms. The van der Waals surface area contributed by atoms with Gasteiger partial charge in [0.2, 0.25) is 11.8 Å². The quantitative estimate of drug-likeness (QED) is 0.613. The normalized spacial score (nSPS) is 13.3. The molecule has 1 saturated heterocycles. The van der Waals surface area contributed by atoms with E-state index in [9.17, 15) is 14.4 Å². The van der Waals surface area contributed by atoms with E-state index < -0.39 is 18.5 Å². The SMILES string of the molecule is Cc1ccc(-c2cc(NC(=O)COC(=O)c3ccccc3N3CCCC3=O)on2)cc1. The second-order valence-electron chi connectivity index (χ2n) is 7.23. The standard InChI is InChI=1S/C23H21N3O5/c1-15-8-10-16(11-9-15)18-13-21(31-25-18)24-20(27)14-30-23(29)17-5-2-3-6-19(17)26-12-4-7-22(26)28/h2-3,5-6,8-11,13H,4,7,12,14H2,1H3,(H,24,27). The maximum atomic E-state index is 12.5. The van der Waals surface area contributed by atoms with Gasteiger partial charge in [-0.2, -0.15) is 0 Å². The van der Waals surface area contributed by atoms with Crippen LogP contribution in [0.2, 0.25) is 0 Å². The number of aromatic nitrogens is 1. The first-order chi connectivity index (χ1) is 15.0. The monoisotopic (exact) mass is 419 g/mol. The highest BCUT2D eigenvalue weighted by molar-refractivity contribution is 6.04. The average molecular weight is 419 g/mol. The zero-order chi connectivity index (χ0) is 21.8. The minimum absolute atomic E-state index is 0.0345. The molecule has 0 bridgehead atoms. The van der Waals surface area contributed by atoms with E-state index in [4.69, 9.17) is 9.26 Å². The first kappa shape index (κ1) is 20.3. The lowest BCUT2D eigenvalue weighted by molar-refractivity contribution is -0.119. The largest absolute Gasteiger partial charge is 0.452 e. The van der Waals surface area contributed by atoms with Gasteiger partial charge in [0.15, 0.2) is 6.61 Å². The Kier molecular flexibility index (Phi) is 5.79. The van der Waals surface area contributed by atoms with E-state index in [1.165, 1.54) is 0 Å². The van der Waals surface area contributed by atoms with Crippen molar-refractivity contribution < 1.29 is 23.6 Å². The highest BCUT2D eigenvalue weighted by atomic mass is 16.5. The zero-order valence-corrected chi connectivity index (χ0v) is 17.0. The van der Waals surface area contributed by atoms with Gasteiger partial charge in [-0.15, -0.1) is 0 Å². The van der Waals surface area contributed by atoms with Gasteiger partial charge >= 0.3 is 5.97 Å². The van der Waals surface area contributed by atoms with Crippen LogP contribution in [0.1, 0.15) is 28.8 Å². The predicted molar refractivity (Wildman–Crippen MR) is 114 cm³/mol. The smallest absolute Gasteiger partial charge is 0.340 e. The van der Waals surface area contributed by atoms with Crippen molar-refractivity contribution in [3.63, 3.8) is 0 Å². The van der Waals surface area contributed by atoms with Crippen molar-refractivity contribution in [2.24, 2.45) is 0 Å². The molecule has 2 amide bonds. The Morgan fingerprint density at radius 1 is 1.16 bits per heavy atom. The van der Waals surface area contributed by atoms with Crippen molar-refractivity contribution in [1.29, 1.82) is 0 Å². The number of hydrogen-bond acceptors (Lipinski definition) is 6. The number of nitrogens with one attached hydrogen (secondary N) is 1. The Labute approximate surface area is 178 Å². The van der Waals surface area contributed by atoms with E-state index in [0.717, 1.165) is 17.5 Å². The van der Waals surface area contributed by atoms with E-state index in [2.05, 4.69) is 10.5 Å². The van der Waals surface area contributed by atoms with Crippen molar-refractivity contribution in [1.82, 2.24) is 5.16 Å². The summed E-state index contributed by atoms with van der Waals surface area (Å²) in [6.45, 7) is 2.04. The number of hydrogen-bond donors (Lipinski definition) is 1. The van der Waals surface area contributed by atoms with E-state index in [1.54, 1.807) is 35.2 Å². The molecule has 0 spiro atoms. The molecule has 1 aliphatic heterocycles. The van der Waals surface area contributed by atoms with Gasteiger partial charge in [0.05, 0.1) is 11.3 Å². The summed E-state index contributed by atoms with van der Waals surface area (Å²) in [4.78, 5) is 38.3. The number of carbonyl (C=O) groups excluding carboxylic acids is 3. The number of aryl methyl sites for hydroxylation is 1. The fourth-order valence-corrected chi connectivity index (χ4v) is 3.36. The number of carbonyl (C=O) groups is 3. The highest BCUT2D eigenvalue weighted by Gasteiger charge is 2.26. The molecular weight excluding hydrogens is 398 g/mol. The molecule has 1 N–H and O–H groups in total. The molecule has 2 heterocycles. The molecule has 4 rings (SSSR count). The average Bonchev–Trinajstić information content (AvgIpc) is 3.41. The lowest BCUT2D eigenvalue weighted by Crippen LogP contribution is -2.27. The summed E-state index contributed by atoms with van der Waals surface area (Å²) < 4.78 is 10.3. The minimum Gasteiger partial charge on any atom is -0.452 e. The van der Waals surface area contributed by atoms with Gasteiger partial charge < -0.3 is 14.2 Å². The topological polar surface area (TPSA) is 102 Å². The summed E-state index contributed by atoms with van der Waals surface area (Å²) in [7, 11) is 0. The van der Waals surface area contributed by atoms with Gasteiger partial charge in [-0.1, -0.05) is 47.1 Å². The third kappa shape index (κ3) is 4.63. The number of ether oxygens (including phenoxy) is 1. The third-order valence-electron chi connectivity index (χ3n) is 4.94. The molecular formula is C23H21N3O5. The van der Waals surface area contributed by atoms with Crippen LogP contribution in [0.4, 0.5) is 11.6 Å². The number of nitrogens with zero attached hydrogens (tertiary/aromatic N) is 2. The number of amides is 2. The third-order valence-corrected chi connectivity index (χ3v) is 4.94. The lowest BCUT2D eigenvalue weighted by atomic mass is 10.1. The second-order valence-corrected chi connectivity index (χ2v) is 7.23. The maximum Gasteiger partial charge on any atom is 0.340 e. The van der Waals surface area contributed by atoms with Gasteiger partial charge in [0.1, 0.15) is 5.69 Å². The fourth-order valence-electron chi connectivity index (χ4n) is 3.36. The lowest BCUT2D eigenvalue weighted by Gasteiger charge is -2.18. The number of benzene rings is 2. The van der Waals surface area contributed by atoms with E-state index in [1.807, 2.05) is 31.2 Å². The summed E-state index contributed by atoms with van der Waals surface area (Å²) in [5.74, 6) is -1.12. The highest BCUT2D eigenvalue weighted by Crippen LogP contribution is 2.26. The van der Waals surface area contributed by atoms with Crippen molar-refractivity contribution in [3.8, 4) is 11.3 Å². The molecule has 0 atom stereocenters. The molecule has 31 heavy (non-hydrogen) atoms. The Morgan fingerprint density at radius 3 is 2.68 bits per heavy atom. The van der Waals surface area contributed by atoms with E-state index >= 15 is 0 Å². The molecule has 8 nitrogen and oxygen atoms in total. The first-order valence-electron chi connectivity index (χ1n) is 9.91. The zero-order valence-electron chi connectivity index (χ0n) is 17.0. The Hall–Kier alpha value is -3.94. The number of rotatable bonds is 6. The van der Waals surface area contributed by atoms with Gasteiger partial charge in [0, 0.05) is 24.6 Å². The summed E-state index contributed by atoms with van der Waals surface area (Å²) in [6, 6.07) is 16.0. The van der Waals surface area contributed by atoms with Crippen LogP contribution in [0, 0.1) is 6.92 Å². The van der Waals surface area contributed by atoms with Crippen LogP contribution in [-0.2, 0) is 14.3 Å². The van der Waals surface area contributed by atoms with Crippen molar-refractivity contribution in [3.05, 3.63) is 65.7 Å². The first-order valence-corrected chi connectivity index (χ1v) is 9.91. The van der Waals surface area contributed by atoms with Crippen LogP contribution in [0.25, 0.3) is 11.3 Å². The van der Waals surface area contributed by atoms with Crippen LogP contribution < -0.4 is 10.2 Å². The number of anilines is 2. The van der Waals surface area contributed by atoms with Crippen LogP contribution in [0.5, 0.6) is 0 Å². The summed E-state index contributed by atoms with van der Waals surface area (Å²) >= 11 is 0. The van der Waals surface area contributed by atoms with Gasteiger partial charge in [0.25, 0.3) is 5.91 Å². The molecule has 158 valence electrons. The second kappa shape index (κ2) is 8.83. The Balaban J connectivity index is 1.36. The molecule has 0 radical (unpaired) electrons. The van der Waals surface area contributed by atoms with Crippen molar-refractivity contribution in [2.75, 3.05) is 23.4 Å². The molecule has 1 aliphatic rings. The van der Waals surface area contributed by atoms with Crippen LogP contribution >= 0.6 is 0 Å². The molecule has 1 fully saturated rings. The number of para-hydroxylation sites is 1. The fraction of sp³-hybridized carbons (Fsp3) is 0.217. The maximum absolute atomic E-state index is 12.5. The summed E-state index contributed by atoms with van der Waals surface area (Å²) in [6.07, 6.45) is 1.19. The van der Waals surface area contributed by atoms with Gasteiger partial charge in [-0.3, -0.25) is 14.9 Å². The van der Waals surface area contributed by atoms with Crippen LogP contribution in [0.15, 0.2) is 59.1 Å². The molecule has 0 saturated carbocycles. The predicted octanol–water partition coefficient (Wildman–Crippen LogP) is 3.57. The van der Waals surface area contributed by atoms with Gasteiger partial charge in [-0.05, 0) is 25.5 Å². The van der Waals surface area contributed by atoms with Crippen LogP contribution in [0.3, 0.4) is 0 Å². The van der Waals surface area contributed by atoms with E-state index in [0.29, 0.717) is 24.3 Å². The molecule has 1 aromatic heterocycles. The summed E-state index contributed by atoms with van der Waals surface area (Å²) in [5.41, 5.74) is 3.30. The molecule has 0 unspecified atom stereocenters. The van der Waals surface area contributed by atoms with Crippen LogP contribution in [-0.4, -0.2) is 36.1 Å². The van der Waals surface area contributed by atoms with Gasteiger partial charge in [-0.25, -0.2) is 4.79 Å². The molecule has 3 aromatic rings. The summed E-state index contributed by atoms with van der Waals surface area (Å²) in [5, 5.41) is 6.46. The Morgan fingerprint density at radius 2 is 1.94 bits per heavy atom. The molecule has 0 aliphatic carbocycles. The van der Waals surface area contributed by atoms with Crippen molar-refractivity contribution >= 4 is 29.4 Å².